The second-order valence-corrected chi connectivity index (χ2v) is 8.80. The molecule has 0 aliphatic heterocycles. The lowest BCUT2D eigenvalue weighted by Gasteiger charge is -2.30. The van der Waals surface area contributed by atoms with Crippen LogP contribution in [0, 0.1) is 5.41 Å². The maximum absolute atomic E-state index is 12.1. The molecule has 0 aromatic heterocycles. The number of rotatable bonds is 4. The topological polar surface area (TPSA) is 62.4 Å². The van der Waals surface area contributed by atoms with Gasteiger partial charge in [-0.25, -0.2) is 0 Å². The summed E-state index contributed by atoms with van der Waals surface area (Å²) < 4.78 is 3.30. The van der Waals surface area contributed by atoms with E-state index in [9.17, 15) is 4.79 Å². The maximum Gasteiger partial charge on any atom is 0.228 e. The molecular formula is C15H20Cl3N3O2S. The number of carbonyl (C=O) groups excluding carboxylic acids is 1. The van der Waals surface area contributed by atoms with E-state index in [0.29, 0.717) is 0 Å². The summed E-state index contributed by atoms with van der Waals surface area (Å²) in [5.41, 5.74) is 0.0828. The normalized spacial score (nSPS) is 13.0. The molecule has 1 aromatic carbocycles. The number of amides is 1. The van der Waals surface area contributed by atoms with E-state index in [-0.39, 0.29) is 11.0 Å². The summed E-state index contributed by atoms with van der Waals surface area (Å²) in [4.78, 5) is 12.1. The van der Waals surface area contributed by atoms with Crippen molar-refractivity contribution >= 4 is 63.7 Å². The molecule has 3 N–H and O–H groups in total. The van der Waals surface area contributed by atoms with Gasteiger partial charge in [0.25, 0.3) is 0 Å². The Morgan fingerprint density at radius 1 is 1.12 bits per heavy atom. The van der Waals surface area contributed by atoms with Crippen molar-refractivity contribution < 1.29 is 9.53 Å². The Morgan fingerprint density at radius 3 is 2.08 bits per heavy atom. The molecule has 1 amide bonds. The standard InChI is InChI=1S/C15H20Cl3N3O2S/c1-14(2,3)12(22)20-11(15(16,17)18)21-13(24)19-9-5-7-10(23-4)8-6-9/h5-8,11H,1-4H3,(H,20,22)(H2,19,21,24). The van der Waals surface area contributed by atoms with Crippen LogP contribution in [0.15, 0.2) is 24.3 Å². The van der Waals surface area contributed by atoms with Gasteiger partial charge in [-0.1, -0.05) is 55.6 Å². The molecule has 24 heavy (non-hydrogen) atoms. The molecule has 5 nitrogen and oxygen atoms in total. The number of hydrogen-bond donors (Lipinski definition) is 3. The molecule has 1 unspecified atom stereocenters. The molecule has 0 saturated carbocycles. The summed E-state index contributed by atoms with van der Waals surface area (Å²) in [6, 6.07) is 7.12. The number of ether oxygens (including phenoxy) is 1. The third kappa shape index (κ3) is 6.89. The molecule has 0 heterocycles. The zero-order valence-corrected chi connectivity index (χ0v) is 16.8. The van der Waals surface area contributed by atoms with Crippen LogP contribution >= 0.6 is 47.0 Å². The number of thiocarbonyl (C=S) groups is 1. The van der Waals surface area contributed by atoms with Crippen LogP contribution in [-0.2, 0) is 4.79 Å². The number of halogens is 3. The number of benzene rings is 1. The minimum Gasteiger partial charge on any atom is -0.497 e. The maximum atomic E-state index is 12.1. The van der Waals surface area contributed by atoms with Crippen LogP contribution in [-0.4, -0.2) is 28.1 Å². The quantitative estimate of drug-likeness (QED) is 0.398. The van der Waals surface area contributed by atoms with Crippen LogP contribution in [0.3, 0.4) is 0 Å². The molecule has 134 valence electrons. The van der Waals surface area contributed by atoms with Crippen LogP contribution in [0.1, 0.15) is 20.8 Å². The first-order chi connectivity index (χ1) is 10.9. The highest BCUT2D eigenvalue weighted by molar-refractivity contribution is 7.80. The SMILES string of the molecule is COc1ccc(NC(=S)NC(NC(=O)C(C)(C)C)C(Cl)(Cl)Cl)cc1. The summed E-state index contributed by atoms with van der Waals surface area (Å²) in [5, 5.41) is 8.58. The first-order valence-corrected chi connectivity index (χ1v) is 8.57. The molecule has 0 fully saturated rings. The summed E-state index contributed by atoms with van der Waals surface area (Å²) in [6.07, 6.45) is -0.993. The summed E-state index contributed by atoms with van der Waals surface area (Å²) in [6.45, 7) is 5.27. The average molecular weight is 413 g/mol. The van der Waals surface area contributed by atoms with Gasteiger partial charge in [-0.15, -0.1) is 0 Å². The predicted octanol–water partition coefficient (Wildman–Crippen LogP) is 3.84. The summed E-state index contributed by atoms with van der Waals surface area (Å²) >= 11 is 23.0. The third-order valence-electron chi connectivity index (χ3n) is 2.91. The molecule has 9 heteroatoms. The van der Waals surface area contributed by atoms with Gasteiger partial charge in [-0.3, -0.25) is 4.79 Å². The van der Waals surface area contributed by atoms with Crippen LogP contribution in [0.25, 0.3) is 0 Å². The van der Waals surface area contributed by atoms with Crippen molar-refractivity contribution in [3.63, 3.8) is 0 Å². The van der Waals surface area contributed by atoms with Crippen molar-refractivity contribution in [3.05, 3.63) is 24.3 Å². The smallest absolute Gasteiger partial charge is 0.228 e. The molecule has 0 aliphatic rings. The summed E-state index contributed by atoms with van der Waals surface area (Å²) in [7, 11) is 1.58. The molecule has 0 bridgehead atoms. The van der Waals surface area contributed by atoms with E-state index in [4.69, 9.17) is 51.8 Å². The molecule has 1 rings (SSSR count). The number of anilines is 1. The van der Waals surface area contributed by atoms with Crippen molar-refractivity contribution in [1.82, 2.24) is 10.6 Å². The first kappa shape index (κ1) is 21.1. The van der Waals surface area contributed by atoms with Gasteiger partial charge >= 0.3 is 0 Å². The van der Waals surface area contributed by atoms with Gasteiger partial charge in [0.15, 0.2) is 5.11 Å². The molecular weight excluding hydrogens is 393 g/mol. The van der Waals surface area contributed by atoms with E-state index in [1.165, 1.54) is 0 Å². The molecule has 0 aliphatic carbocycles. The van der Waals surface area contributed by atoms with E-state index in [2.05, 4.69) is 16.0 Å². The molecule has 0 saturated heterocycles. The van der Waals surface area contributed by atoms with Gasteiger partial charge in [0.1, 0.15) is 11.9 Å². The Bertz CT molecular complexity index is 583. The molecule has 0 radical (unpaired) electrons. The number of hydrogen-bond acceptors (Lipinski definition) is 3. The fraction of sp³-hybridized carbons (Fsp3) is 0.467. The summed E-state index contributed by atoms with van der Waals surface area (Å²) in [5.74, 6) is 0.439. The zero-order chi connectivity index (χ0) is 18.5. The first-order valence-electron chi connectivity index (χ1n) is 7.02. The number of carbonyl (C=O) groups is 1. The highest BCUT2D eigenvalue weighted by atomic mass is 35.6. The minimum atomic E-state index is -1.79. The molecule has 0 spiro atoms. The Labute approximate surface area is 162 Å². The Kier molecular flexibility index (Phi) is 7.41. The van der Waals surface area contributed by atoms with Crippen molar-refractivity contribution in [1.29, 1.82) is 0 Å². The highest BCUT2D eigenvalue weighted by Gasteiger charge is 2.36. The van der Waals surface area contributed by atoms with Gasteiger partial charge < -0.3 is 20.7 Å². The van der Waals surface area contributed by atoms with Crippen molar-refractivity contribution in [3.8, 4) is 5.75 Å². The number of nitrogens with one attached hydrogen (secondary N) is 3. The second kappa shape index (κ2) is 8.43. The van der Waals surface area contributed by atoms with E-state index >= 15 is 0 Å². The average Bonchev–Trinajstić information content (AvgIpc) is 2.45. The van der Waals surface area contributed by atoms with Crippen LogP contribution in [0.5, 0.6) is 5.75 Å². The fourth-order valence-corrected chi connectivity index (χ4v) is 2.08. The lowest BCUT2D eigenvalue weighted by molar-refractivity contribution is -0.129. The van der Waals surface area contributed by atoms with E-state index in [1.807, 2.05) is 0 Å². The van der Waals surface area contributed by atoms with Crippen molar-refractivity contribution in [2.45, 2.75) is 30.7 Å². The van der Waals surface area contributed by atoms with Crippen LogP contribution in [0.4, 0.5) is 5.69 Å². The Hall–Kier alpha value is -0.950. The van der Waals surface area contributed by atoms with E-state index < -0.39 is 15.4 Å². The monoisotopic (exact) mass is 411 g/mol. The van der Waals surface area contributed by atoms with Gasteiger partial charge in [0.05, 0.1) is 7.11 Å². The molecule has 1 aromatic rings. The van der Waals surface area contributed by atoms with Gasteiger partial charge in [-0.05, 0) is 36.5 Å². The largest absolute Gasteiger partial charge is 0.497 e. The Morgan fingerprint density at radius 2 is 1.67 bits per heavy atom. The Balaban J connectivity index is 2.75. The lowest BCUT2D eigenvalue weighted by Crippen LogP contribution is -2.58. The number of methoxy groups -OCH3 is 1. The van der Waals surface area contributed by atoms with Gasteiger partial charge in [0, 0.05) is 11.1 Å². The second-order valence-electron chi connectivity index (χ2n) is 6.03. The fourth-order valence-electron chi connectivity index (χ4n) is 1.52. The van der Waals surface area contributed by atoms with Crippen LogP contribution < -0.4 is 20.7 Å². The lowest BCUT2D eigenvalue weighted by atomic mass is 9.95. The van der Waals surface area contributed by atoms with Gasteiger partial charge in [0.2, 0.25) is 9.70 Å². The zero-order valence-electron chi connectivity index (χ0n) is 13.7. The van der Waals surface area contributed by atoms with Crippen molar-refractivity contribution in [2.75, 3.05) is 12.4 Å². The third-order valence-corrected chi connectivity index (χ3v) is 3.78. The number of alkyl halides is 3. The van der Waals surface area contributed by atoms with E-state index in [0.717, 1.165) is 11.4 Å². The van der Waals surface area contributed by atoms with Crippen molar-refractivity contribution in [2.24, 2.45) is 5.41 Å². The molecule has 1 atom stereocenters. The van der Waals surface area contributed by atoms with E-state index in [1.54, 1.807) is 52.1 Å². The van der Waals surface area contributed by atoms with Gasteiger partial charge in [-0.2, -0.15) is 0 Å². The minimum absolute atomic E-state index is 0.200. The highest BCUT2D eigenvalue weighted by Crippen LogP contribution is 2.30. The predicted molar refractivity (Wildman–Crippen MR) is 104 cm³/mol. The van der Waals surface area contributed by atoms with Crippen LogP contribution in [0.2, 0.25) is 0 Å².